The van der Waals surface area contributed by atoms with Crippen molar-refractivity contribution in [2.75, 3.05) is 6.54 Å². The van der Waals surface area contributed by atoms with Gasteiger partial charge >= 0.3 is 0 Å². The molecular formula is C17H21N3O. The van der Waals surface area contributed by atoms with Crippen LogP contribution in [0, 0.1) is 13.8 Å². The maximum absolute atomic E-state index is 11.7. The van der Waals surface area contributed by atoms with E-state index in [0.717, 1.165) is 24.1 Å². The molecule has 110 valence electrons. The second-order valence-electron chi connectivity index (χ2n) is 5.16. The van der Waals surface area contributed by atoms with E-state index in [1.807, 2.05) is 50.4 Å². The molecule has 0 aliphatic carbocycles. The molecule has 0 saturated carbocycles. The number of hydrogen-bond acceptors (Lipinski definition) is 2. The summed E-state index contributed by atoms with van der Waals surface area (Å²) in [6, 6.07) is 8.07. The van der Waals surface area contributed by atoms with Crippen molar-refractivity contribution in [3.63, 3.8) is 0 Å². The highest BCUT2D eigenvalue weighted by Gasteiger charge is 2.00. The molecule has 0 bridgehead atoms. The van der Waals surface area contributed by atoms with Gasteiger partial charge in [-0.1, -0.05) is 29.8 Å². The van der Waals surface area contributed by atoms with Crippen LogP contribution >= 0.6 is 0 Å². The molecule has 0 fully saturated rings. The van der Waals surface area contributed by atoms with E-state index < -0.39 is 0 Å². The van der Waals surface area contributed by atoms with Gasteiger partial charge < -0.3 is 5.32 Å². The van der Waals surface area contributed by atoms with Gasteiger partial charge in [-0.15, -0.1) is 0 Å². The van der Waals surface area contributed by atoms with Crippen LogP contribution in [0.2, 0.25) is 0 Å². The van der Waals surface area contributed by atoms with Gasteiger partial charge in [0.2, 0.25) is 5.91 Å². The van der Waals surface area contributed by atoms with Gasteiger partial charge in [0.15, 0.2) is 0 Å². The van der Waals surface area contributed by atoms with Gasteiger partial charge in [0.05, 0.1) is 6.20 Å². The van der Waals surface area contributed by atoms with E-state index in [1.54, 1.807) is 6.08 Å². The predicted molar refractivity (Wildman–Crippen MR) is 84.9 cm³/mol. The Morgan fingerprint density at radius 2 is 2.05 bits per heavy atom. The van der Waals surface area contributed by atoms with Crippen LogP contribution in [0.1, 0.15) is 28.8 Å². The van der Waals surface area contributed by atoms with Crippen LogP contribution in [0.3, 0.4) is 0 Å². The first-order valence-electron chi connectivity index (χ1n) is 7.16. The summed E-state index contributed by atoms with van der Waals surface area (Å²) in [5.41, 5.74) is 4.55. The van der Waals surface area contributed by atoms with E-state index in [1.165, 1.54) is 11.1 Å². The highest BCUT2D eigenvalue weighted by molar-refractivity contribution is 5.91. The Balaban J connectivity index is 1.70. The number of amides is 1. The molecule has 2 rings (SSSR count). The Labute approximate surface area is 125 Å². The molecule has 0 atom stereocenters. The molecule has 0 spiro atoms. The molecule has 0 radical (unpaired) electrons. The summed E-state index contributed by atoms with van der Waals surface area (Å²) in [5.74, 6) is -0.0560. The lowest BCUT2D eigenvalue weighted by Crippen LogP contribution is -2.22. The van der Waals surface area contributed by atoms with Crippen molar-refractivity contribution in [1.82, 2.24) is 15.5 Å². The van der Waals surface area contributed by atoms with Crippen LogP contribution in [-0.2, 0) is 11.2 Å². The number of carbonyl (C=O) groups is 1. The van der Waals surface area contributed by atoms with E-state index in [4.69, 9.17) is 0 Å². The fourth-order valence-electron chi connectivity index (χ4n) is 2.03. The lowest BCUT2D eigenvalue weighted by Gasteiger charge is -2.02. The molecule has 1 aromatic heterocycles. The van der Waals surface area contributed by atoms with Crippen LogP contribution in [0.5, 0.6) is 0 Å². The first kappa shape index (κ1) is 15.0. The normalized spacial score (nSPS) is 11.0. The number of aromatic nitrogens is 2. The van der Waals surface area contributed by atoms with Crippen molar-refractivity contribution in [1.29, 1.82) is 0 Å². The summed E-state index contributed by atoms with van der Waals surface area (Å²) in [7, 11) is 0. The van der Waals surface area contributed by atoms with Crippen molar-refractivity contribution in [2.45, 2.75) is 26.7 Å². The molecule has 2 N–H and O–H groups in total. The molecular weight excluding hydrogens is 262 g/mol. The van der Waals surface area contributed by atoms with Gasteiger partial charge in [0.1, 0.15) is 0 Å². The van der Waals surface area contributed by atoms with E-state index >= 15 is 0 Å². The topological polar surface area (TPSA) is 57.8 Å². The van der Waals surface area contributed by atoms with Crippen molar-refractivity contribution >= 4 is 12.0 Å². The molecule has 0 aliphatic heterocycles. The standard InChI is InChI=1S/C17H21N3O/c1-13-5-7-15(8-6-13)9-10-17(21)18-11-3-4-16-12-19-20-14(16)2/h5-10,12H,3-4,11H2,1-2H3,(H,18,21)(H,19,20). The molecule has 1 amide bonds. The third-order valence-electron chi connectivity index (χ3n) is 3.36. The Morgan fingerprint density at radius 3 is 2.71 bits per heavy atom. The fourth-order valence-corrected chi connectivity index (χ4v) is 2.03. The van der Waals surface area contributed by atoms with Crippen LogP contribution in [-0.4, -0.2) is 22.6 Å². The van der Waals surface area contributed by atoms with Crippen LogP contribution in [0.15, 0.2) is 36.5 Å². The van der Waals surface area contributed by atoms with Crippen molar-refractivity contribution in [3.8, 4) is 0 Å². The van der Waals surface area contributed by atoms with Crippen molar-refractivity contribution in [2.24, 2.45) is 0 Å². The van der Waals surface area contributed by atoms with Crippen molar-refractivity contribution < 1.29 is 4.79 Å². The summed E-state index contributed by atoms with van der Waals surface area (Å²) < 4.78 is 0. The first-order chi connectivity index (χ1) is 10.1. The number of H-pyrrole nitrogens is 1. The summed E-state index contributed by atoms with van der Waals surface area (Å²) in [6.45, 7) is 4.72. The quantitative estimate of drug-likeness (QED) is 0.632. The lowest BCUT2D eigenvalue weighted by molar-refractivity contribution is -0.116. The predicted octanol–water partition coefficient (Wildman–Crippen LogP) is 2.79. The van der Waals surface area contributed by atoms with E-state index in [0.29, 0.717) is 6.54 Å². The van der Waals surface area contributed by atoms with Gasteiger partial charge in [0, 0.05) is 18.3 Å². The summed E-state index contributed by atoms with van der Waals surface area (Å²) in [5, 5.41) is 9.78. The molecule has 0 saturated heterocycles. The van der Waals surface area contributed by atoms with Gasteiger partial charge in [-0.25, -0.2) is 0 Å². The number of carbonyl (C=O) groups excluding carboxylic acids is 1. The Morgan fingerprint density at radius 1 is 1.29 bits per heavy atom. The number of aromatic amines is 1. The minimum Gasteiger partial charge on any atom is -0.353 e. The largest absolute Gasteiger partial charge is 0.353 e. The Hall–Kier alpha value is -2.36. The smallest absolute Gasteiger partial charge is 0.243 e. The molecule has 1 heterocycles. The molecule has 2 aromatic rings. The second kappa shape index (κ2) is 7.43. The molecule has 0 aliphatic rings. The van der Waals surface area contributed by atoms with E-state index in [-0.39, 0.29) is 5.91 Å². The summed E-state index contributed by atoms with van der Waals surface area (Å²) >= 11 is 0. The molecule has 0 unspecified atom stereocenters. The van der Waals surface area contributed by atoms with E-state index in [2.05, 4.69) is 15.5 Å². The average molecular weight is 283 g/mol. The van der Waals surface area contributed by atoms with Crippen LogP contribution in [0.4, 0.5) is 0 Å². The molecule has 1 aromatic carbocycles. The zero-order valence-corrected chi connectivity index (χ0v) is 12.5. The van der Waals surface area contributed by atoms with Gasteiger partial charge in [-0.3, -0.25) is 9.89 Å². The number of benzene rings is 1. The minimum absolute atomic E-state index is 0.0560. The number of rotatable bonds is 6. The van der Waals surface area contributed by atoms with Gasteiger partial charge in [-0.05, 0) is 43.9 Å². The summed E-state index contributed by atoms with van der Waals surface area (Å²) in [4.78, 5) is 11.7. The minimum atomic E-state index is -0.0560. The lowest BCUT2D eigenvalue weighted by atomic mass is 10.1. The monoisotopic (exact) mass is 283 g/mol. The third kappa shape index (κ3) is 4.91. The molecule has 4 nitrogen and oxygen atoms in total. The maximum Gasteiger partial charge on any atom is 0.243 e. The number of nitrogens with one attached hydrogen (secondary N) is 2. The molecule has 4 heteroatoms. The fraction of sp³-hybridized carbons (Fsp3) is 0.294. The zero-order valence-electron chi connectivity index (χ0n) is 12.5. The summed E-state index contributed by atoms with van der Waals surface area (Å²) in [6.07, 6.45) is 7.08. The number of hydrogen-bond donors (Lipinski definition) is 2. The third-order valence-corrected chi connectivity index (χ3v) is 3.36. The maximum atomic E-state index is 11.7. The highest BCUT2D eigenvalue weighted by atomic mass is 16.1. The van der Waals surface area contributed by atoms with E-state index in [9.17, 15) is 4.79 Å². The average Bonchev–Trinajstić information content (AvgIpc) is 2.88. The zero-order chi connectivity index (χ0) is 15.1. The highest BCUT2D eigenvalue weighted by Crippen LogP contribution is 2.06. The SMILES string of the molecule is Cc1ccc(C=CC(=O)NCCCc2cn[nH]c2C)cc1. The Kier molecular flexibility index (Phi) is 5.32. The van der Waals surface area contributed by atoms with Crippen LogP contribution in [0.25, 0.3) is 6.08 Å². The van der Waals surface area contributed by atoms with Crippen LogP contribution < -0.4 is 5.32 Å². The van der Waals surface area contributed by atoms with Gasteiger partial charge in [-0.2, -0.15) is 5.10 Å². The van der Waals surface area contributed by atoms with Crippen molar-refractivity contribution in [3.05, 3.63) is 58.9 Å². The first-order valence-corrected chi connectivity index (χ1v) is 7.16. The van der Waals surface area contributed by atoms with Gasteiger partial charge in [0.25, 0.3) is 0 Å². The number of aryl methyl sites for hydroxylation is 3. The molecule has 21 heavy (non-hydrogen) atoms. The Bertz CT molecular complexity index is 611. The number of nitrogens with zero attached hydrogens (tertiary/aromatic N) is 1. The second-order valence-corrected chi connectivity index (χ2v) is 5.16.